The summed E-state index contributed by atoms with van der Waals surface area (Å²) in [6.45, 7) is 7.25. The fourth-order valence-electron chi connectivity index (χ4n) is 2.68. The van der Waals surface area contributed by atoms with Gasteiger partial charge in [-0.2, -0.15) is 0 Å². The fourth-order valence-corrected chi connectivity index (χ4v) is 3.75. The third kappa shape index (κ3) is 3.59. The molecule has 1 N–H and O–H groups in total. The van der Waals surface area contributed by atoms with E-state index in [-0.39, 0.29) is 0 Å². The van der Waals surface area contributed by atoms with Gasteiger partial charge in [-0.25, -0.2) is 13.1 Å². The number of likely N-dealkylation sites (N-methyl/N-ethyl adjacent to an activating group) is 1. The second-order valence-corrected chi connectivity index (χ2v) is 6.98. The van der Waals surface area contributed by atoms with E-state index < -0.39 is 10.0 Å². The first-order valence-corrected chi connectivity index (χ1v) is 8.89. The van der Waals surface area contributed by atoms with Crippen LogP contribution in [-0.2, 0) is 22.9 Å². The van der Waals surface area contributed by atoms with Crippen LogP contribution in [0.2, 0.25) is 0 Å². The van der Waals surface area contributed by atoms with Crippen molar-refractivity contribution in [1.29, 1.82) is 0 Å². The van der Waals surface area contributed by atoms with Crippen LogP contribution in [0.4, 0.5) is 0 Å². The Hall–Kier alpha value is -0.910. The van der Waals surface area contributed by atoms with Crippen LogP contribution >= 0.6 is 0 Å². The Morgan fingerprint density at radius 1 is 1.15 bits per heavy atom. The summed E-state index contributed by atoms with van der Waals surface area (Å²) >= 11 is 0. The molecule has 0 heterocycles. The van der Waals surface area contributed by atoms with Crippen molar-refractivity contribution in [2.45, 2.75) is 38.0 Å². The van der Waals surface area contributed by atoms with Crippen LogP contribution in [-0.4, -0.2) is 39.5 Å². The van der Waals surface area contributed by atoms with E-state index in [1.807, 2.05) is 12.1 Å². The SMILES string of the molecule is CCN(CC)CCNS(=O)(=O)c1ccc2c(c1)CCC2. The first kappa shape index (κ1) is 15.5. The van der Waals surface area contributed by atoms with Crippen molar-refractivity contribution < 1.29 is 8.42 Å². The van der Waals surface area contributed by atoms with Crippen LogP contribution in [0, 0.1) is 0 Å². The molecule has 0 unspecified atom stereocenters. The average Bonchev–Trinajstić information content (AvgIpc) is 2.91. The molecule has 4 nitrogen and oxygen atoms in total. The number of rotatable bonds is 7. The number of hydrogen-bond acceptors (Lipinski definition) is 3. The van der Waals surface area contributed by atoms with Crippen molar-refractivity contribution in [3.05, 3.63) is 29.3 Å². The first-order chi connectivity index (χ1) is 9.56. The van der Waals surface area contributed by atoms with Crippen molar-refractivity contribution in [3.8, 4) is 0 Å². The van der Waals surface area contributed by atoms with Crippen molar-refractivity contribution in [1.82, 2.24) is 9.62 Å². The number of nitrogens with zero attached hydrogens (tertiary/aromatic N) is 1. The van der Waals surface area contributed by atoms with E-state index in [4.69, 9.17) is 0 Å². The minimum atomic E-state index is -3.37. The topological polar surface area (TPSA) is 49.4 Å². The number of hydrogen-bond donors (Lipinski definition) is 1. The molecule has 0 atom stereocenters. The third-order valence-corrected chi connectivity index (χ3v) is 5.45. The molecule has 5 heteroatoms. The van der Waals surface area contributed by atoms with E-state index in [0.29, 0.717) is 11.4 Å². The van der Waals surface area contributed by atoms with Crippen molar-refractivity contribution in [2.24, 2.45) is 0 Å². The summed E-state index contributed by atoms with van der Waals surface area (Å²) in [7, 11) is -3.37. The summed E-state index contributed by atoms with van der Waals surface area (Å²) < 4.78 is 27.2. The normalized spacial score (nSPS) is 14.8. The van der Waals surface area contributed by atoms with E-state index in [1.54, 1.807) is 6.07 Å². The zero-order valence-electron chi connectivity index (χ0n) is 12.4. The first-order valence-electron chi connectivity index (χ1n) is 7.40. The smallest absolute Gasteiger partial charge is 0.240 e. The van der Waals surface area contributed by atoms with Crippen LogP contribution in [0.5, 0.6) is 0 Å². The standard InChI is InChI=1S/C15H24N2O2S/c1-3-17(4-2)11-10-16-20(18,19)15-9-8-13-6-5-7-14(13)12-15/h8-9,12,16H,3-7,10-11H2,1-2H3. The lowest BCUT2D eigenvalue weighted by Crippen LogP contribution is -2.34. The molecule has 1 aromatic rings. The number of nitrogens with one attached hydrogen (secondary N) is 1. The highest BCUT2D eigenvalue weighted by Gasteiger charge is 2.18. The average molecular weight is 296 g/mol. The molecule has 0 saturated heterocycles. The molecule has 112 valence electrons. The second-order valence-electron chi connectivity index (χ2n) is 5.21. The Kier molecular flexibility index (Phi) is 5.18. The summed E-state index contributed by atoms with van der Waals surface area (Å²) in [4.78, 5) is 2.60. The molecule has 0 fully saturated rings. The zero-order chi connectivity index (χ0) is 14.6. The number of aryl methyl sites for hydroxylation is 2. The maximum absolute atomic E-state index is 12.3. The summed E-state index contributed by atoms with van der Waals surface area (Å²) in [6.07, 6.45) is 3.21. The van der Waals surface area contributed by atoms with Gasteiger partial charge in [-0.05, 0) is 55.6 Å². The minimum absolute atomic E-state index is 0.401. The van der Waals surface area contributed by atoms with Crippen LogP contribution in [0.15, 0.2) is 23.1 Å². The highest BCUT2D eigenvalue weighted by Crippen LogP contribution is 2.24. The zero-order valence-corrected chi connectivity index (χ0v) is 13.2. The number of benzene rings is 1. The van der Waals surface area contributed by atoms with Crippen LogP contribution < -0.4 is 4.72 Å². The molecular formula is C15H24N2O2S. The monoisotopic (exact) mass is 296 g/mol. The van der Waals surface area contributed by atoms with E-state index >= 15 is 0 Å². The molecule has 20 heavy (non-hydrogen) atoms. The largest absolute Gasteiger partial charge is 0.303 e. The maximum atomic E-state index is 12.3. The molecule has 0 spiro atoms. The van der Waals surface area contributed by atoms with Crippen molar-refractivity contribution >= 4 is 10.0 Å². The Labute approximate surface area is 122 Å². The molecule has 0 saturated carbocycles. The van der Waals surface area contributed by atoms with Gasteiger partial charge >= 0.3 is 0 Å². The summed E-state index contributed by atoms with van der Waals surface area (Å²) in [5, 5.41) is 0. The van der Waals surface area contributed by atoms with Gasteiger partial charge in [0.15, 0.2) is 0 Å². The molecule has 0 amide bonds. The van der Waals surface area contributed by atoms with Gasteiger partial charge in [0.1, 0.15) is 0 Å². The van der Waals surface area contributed by atoms with Gasteiger partial charge in [-0.15, -0.1) is 0 Å². The molecule has 2 rings (SSSR count). The molecule has 0 bridgehead atoms. The number of fused-ring (bicyclic) bond motifs is 1. The molecule has 0 aromatic heterocycles. The van der Waals surface area contributed by atoms with Gasteiger partial charge in [0.05, 0.1) is 4.90 Å². The van der Waals surface area contributed by atoms with Gasteiger partial charge < -0.3 is 4.90 Å². The van der Waals surface area contributed by atoms with Gasteiger partial charge in [-0.1, -0.05) is 19.9 Å². The summed E-state index contributed by atoms with van der Waals surface area (Å²) in [5.41, 5.74) is 2.49. The highest BCUT2D eigenvalue weighted by atomic mass is 32.2. The molecule has 1 aromatic carbocycles. The van der Waals surface area contributed by atoms with Crippen LogP contribution in [0.25, 0.3) is 0 Å². The minimum Gasteiger partial charge on any atom is -0.303 e. The maximum Gasteiger partial charge on any atom is 0.240 e. The summed E-state index contributed by atoms with van der Waals surface area (Å²) in [5.74, 6) is 0. The quantitative estimate of drug-likeness (QED) is 0.834. The summed E-state index contributed by atoms with van der Waals surface area (Å²) in [6, 6.07) is 5.52. The van der Waals surface area contributed by atoms with Gasteiger partial charge in [0, 0.05) is 13.1 Å². The predicted octanol–water partition coefficient (Wildman–Crippen LogP) is 1.80. The number of sulfonamides is 1. The predicted molar refractivity (Wildman–Crippen MR) is 81.4 cm³/mol. The molecular weight excluding hydrogens is 272 g/mol. The van der Waals surface area contributed by atoms with Gasteiger partial charge in [0.25, 0.3) is 0 Å². The van der Waals surface area contributed by atoms with Crippen LogP contribution in [0.3, 0.4) is 0 Å². The lowest BCUT2D eigenvalue weighted by Gasteiger charge is -2.18. The Morgan fingerprint density at radius 2 is 1.85 bits per heavy atom. The van der Waals surface area contributed by atoms with Crippen LogP contribution in [0.1, 0.15) is 31.4 Å². The Morgan fingerprint density at radius 3 is 2.55 bits per heavy atom. The molecule has 0 aliphatic heterocycles. The van der Waals surface area contributed by atoms with E-state index in [2.05, 4.69) is 23.5 Å². The molecule has 1 aliphatic carbocycles. The van der Waals surface area contributed by atoms with E-state index in [0.717, 1.165) is 38.9 Å². The Bertz CT molecular complexity index is 551. The molecule has 1 aliphatic rings. The lowest BCUT2D eigenvalue weighted by atomic mass is 10.1. The third-order valence-electron chi connectivity index (χ3n) is 3.99. The van der Waals surface area contributed by atoms with Gasteiger partial charge in [0.2, 0.25) is 10.0 Å². The van der Waals surface area contributed by atoms with Crippen molar-refractivity contribution in [3.63, 3.8) is 0 Å². The fraction of sp³-hybridized carbons (Fsp3) is 0.600. The highest BCUT2D eigenvalue weighted by molar-refractivity contribution is 7.89. The van der Waals surface area contributed by atoms with Crippen molar-refractivity contribution in [2.75, 3.05) is 26.2 Å². The van der Waals surface area contributed by atoms with E-state index in [1.165, 1.54) is 11.1 Å². The van der Waals surface area contributed by atoms with Gasteiger partial charge in [-0.3, -0.25) is 0 Å². The second kappa shape index (κ2) is 6.70. The van der Waals surface area contributed by atoms with E-state index in [9.17, 15) is 8.42 Å². The molecule has 0 radical (unpaired) electrons. The Balaban J connectivity index is 2.00. The lowest BCUT2D eigenvalue weighted by molar-refractivity contribution is 0.309.